The van der Waals surface area contributed by atoms with Gasteiger partial charge in [-0.3, -0.25) is 0 Å². The molecule has 0 aliphatic carbocycles. The van der Waals surface area contributed by atoms with Crippen LogP contribution < -0.4 is 0 Å². The topological polar surface area (TPSA) is 46.5 Å². The molecule has 3 heteroatoms. The summed E-state index contributed by atoms with van der Waals surface area (Å²) in [4.78, 5) is 11.5. The van der Waals surface area contributed by atoms with Crippen molar-refractivity contribution in [2.24, 2.45) is 0 Å². The van der Waals surface area contributed by atoms with E-state index < -0.39 is 17.7 Å². The van der Waals surface area contributed by atoms with Crippen LogP contribution in [0.1, 0.15) is 32.8 Å². The molecule has 1 atom stereocenters. The Balaban J connectivity index is 2.44. The van der Waals surface area contributed by atoms with Crippen molar-refractivity contribution in [2.45, 2.75) is 38.9 Å². The molecule has 0 radical (unpaired) electrons. The molecule has 0 bridgehead atoms. The van der Waals surface area contributed by atoms with Crippen molar-refractivity contribution in [3.05, 3.63) is 42.0 Å². The molecule has 0 aliphatic heterocycles. The average molecular weight is 248 g/mol. The number of carbonyl (C=O) groups is 1. The summed E-state index contributed by atoms with van der Waals surface area (Å²) in [6.45, 7) is 5.33. The molecule has 1 aromatic rings. The van der Waals surface area contributed by atoms with Gasteiger partial charge in [0.05, 0.1) is 0 Å². The number of aliphatic hydroxyl groups is 1. The lowest BCUT2D eigenvalue weighted by Crippen LogP contribution is -2.31. The van der Waals surface area contributed by atoms with Crippen molar-refractivity contribution >= 4 is 12.0 Å². The Morgan fingerprint density at radius 3 is 2.50 bits per heavy atom. The van der Waals surface area contributed by atoms with Crippen LogP contribution in [0.4, 0.5) is 0 Å². The highest BCUT2D eigenvalue weighted by molar-refractivity contribution is 5.75. The first kappa shape index (κ1) is 14.5. The molecule has 0 heterocycles. The standard InChI is InChI=1S/C15H20O3/c1-15(2,3)18-14(17)13(16)11-7-10-12-8-5-4-6-9-12/h4-10,13,16H,11H2,1-3H3/b10-7+. The zero-order valence-corrected chi connectivity index (χ0v) is 11.1. The van der Waals surface area contributed by atoms with Gasteiger partial charge < -0.3 is 9.84 Å². The molecule has 18 heavy (non-hydrogen) atoms. The van der Waals surface area contributed by atoms with Gasteiger partial charge >= 0.3 is 5.97 Å². The summed E-state index contributed by atoms with van der Waals surface area (Å²) in [5, 5.41) is 9.63. The smallest absolute Gasteiger partial charge is 0.335 e. The molecule has 1 rings (SSSR count). The average Bonchev–Trinajstić information content (AvgIpc) is 2.28. The first-order valence-corrected chi connectivity index (χ1v) is 6.01. The number of esters is 1. The van der Waals surface area contributed by atoms with Crippen LogP contribution in [-0.2, 0) is 9.53 Å². The van der Waals surface area contributed by atoms with Gasteiger partial charge in [-0.25, -0.2) is 4.79 Å². The van der Waals surface area contributed by atoms with Crippen LogP contribution in [0.25, 0.3) is 6.08 Å². The van der Waals surface area contributed by atoms with Crippen molar-refractivity contribution in [3.63, 3.8) is 0 Å². The molecule has 1 N–H and O–H groups in total. The quantitative estimate of drug-likeness (QED) is 0.833. The molecule has 1 aromatic carbocycles. The van der Waals surface area contributed by atoms with Gasteiger partial charge in [0.15, 0.2) is 6.10 Å². The second-order valence-corrected chi connectivity index (χ2v) is 5.10. The van der Waals surface area contributed by atoms with Crippen molar-refractivity contribution in [2.75, 3.05) is 0 Å². The molecule has 0 aliphatic rings. The molecular weight excluding hydrogens is 228 g/mol. The van der Waals surface area contributed by atoms with E-state index >= 15 is 0 Å². The molecule has 0 aromatic heterocycles. The van der Waals surface area contributed by atoms with Crippen LogP contribution in [0.5, 0.6) is 0 Å². The van der Waals surface area contributed by atoms with Gasteiger partial charge in [-0.15, -0.1) is 0 Å². The van der Waals surface area contributed by atoms with Crippen LogP contribution in [0.3, 0.4) is 0 Å². The minimum atomic E-state index is -1.11. The van der Waals surface area contributed by atoms with Crippen molar-refractivity contribution in [3.8, 4) is 0 Å². The number of benzene rings is 1. The number of ether oxygens (including phenoxy) is 1. The maximum Gasteiger partial charge on any atom is 0.335 e. The van der Waals surface area contributed by atoms with E-state index in [4.69, 9.17) is 4.74 Å². The molecule has 0 spiro atoms. The van der Waals surface area contributed by atoms with Crippen LogP contribution >= 0.6 is 0 Å². The molecule has 0 amide bonds. The Labute approximate surface area is 108 Å². The summed E-state index contributed by atoms with van der Waals surface area (Å²) in [7, 11) is 0. The summed E-state index contributed by atoms with van der Waals surface area (Å²) in [5.41, 5.74) is 0.468. The van der Waals surface area contributed by atoms with Gasteiger partial charge in [-0.2, -0.15) is 0 Å². The Hall–Kier alpha value is -1.61. The Bertz CT molecular complexity index is 401. The Morgan fingerprint density at radius 2 is 1.94 bits per heavy atom. The van der Waals surface area contributed by atoms with Crippen molar-refractivity contribution in [1.29, 1.82) is 0 Å². The van der Waals surface area contributed by atoms with Gasteiger partial charge in [-0.05, 0) is 26.3 Å². The van der Waals surface area contributed by atoms with E-state index in [0.717, 1.165) is 5.56 Å². The number of aliphatic hydroxyl groups excluding tert-OH is 1. The van der Waals surface area contributed by atoms with E-state index in [1.807, 2.05) is 36.4 Å². The number of carbonyl (C=O) groups excluding carboxylic acids is 1. The first-order valence-electron chi connectivity index (χ1n) is 6.01. The number of hydrogen-bond donors (Lipinski definition) is 1. The zero-order valence-electron chi connectivity index (χ0n) is 11.1. The maximum absolute atomic E-state index is 11.5. The van der Waals surface area contributed by atoms with Gasteiger partial charge in [0, 0.05) is 6.42 Å². The Morgan fingerprint density at radius 1 is 1.33 bits per heavy atom. The van der Waals surface area contributed by atoms with Gasteiger partial charge in [0.1, 0.15) is 5.60 Å². The SMILES string of the molecule is CC(C)(C)OC(=O)C(O)C/C=C/c1ccccc1. The third-order valence-corrected chi connectivity index (χ3v) is 2.15. The second kappa shape index (κ2) is 6.36. The second-order valence-electron chi connectivity index (χ2n) is 5.10. The van der Waals surface area contributed by atoms with Crippen LogP contribution in [0.15, 0.2) is 36.4 Å². The normalized spacial score (nSPS) is 13.6. The Kier molecular flexibility index (Phi) is 5.10. The van der Waals surface area contributed by atoms with E-state index in [1.165, 1.54) is 0 Å². The fourth-order valence-corrected chi connectivity index (χ4v) is 1.36. The highest BCUT2D eigenvalue weighted by Crippen LogP contribution is 2.10. The highest BCUT2D eigenvalue weighted by Gasteiger charge is 2.21. The molecular formula is C15H20O3. The minimum Gasteiger partial charge on any atom is -0.458 e. The van der Waals surface area contributed by atoms with E-state index in [2.05, 4.69) is 0 Å². The minimum absolute atomic E-state index is 0.254. The first-order chi connectivity index (χ1) is 8.38. The van der Waals surface area contributed by atoms with Crippen LogP contribution in [0, 0.1) is 0 Å². The molecule has 98 valence electrons. The van der Waals surface area contributed by atoms with E-state index in [0.29, 0.717) is 0 Å². The predicted molar refractivity (Wildman–Crippen MR) is 71.9 cm³/mol. The third kappa shape index (κ3) is 5.64. The lowest BCUT2D eigenvalue weighted by Gasteiger charge is -2.21. The largest absolute Gasteiger partial charge is 0.458 e. The maximum atomic E-state index is 11.5. The summed E-state index contributed by atoms with van der Waals surface area (Å²) in [6.07, 6.45) is 2.78. The van der Waals surface area contributed by atoms with E-state index in [-0.39, 0.29) is 6.42 Å². The van der Waals surface area contributed by atoms with E-state index in [9.17, 15) is 9.90 Å². The highest BCUT2D eigenvalue weighted by atomic mass is 16.6. The molecule has 3 nitrogen and oxygen atoms in total. The molecule has 0 saturated carbocycles. The summed E-state index contributed by atoms with van der Waals surface area (Å²) >= 11 is 0. The lowest BCUT2D eigenvalue weighted by atomic mass is 10.1. The molecule has 0 saturated heterocycles. The fraction of sp³-hybridized carbons (Fsp3) is 0.400. The predicted octanol–water partition coefficient (Wildman–Crippen LogP) is 2.79. The number of hydrogen-bond acceptors (Lipinski definition) is 3. The van der Waals surface area contributed by atoms with Gasteiger partial charge in [0.2, 0.25) is 0 Å². The van der Waals surface area contributed by atoms with Crippen molar-refractivity contribution < 1.29 is 14.6 Å². The van der Waals surface area contributed by atoms with E-state index in [1.54, 1.807) is 26.8 Å². The lowest BCUT2D eigenvalue weighted by molar-refractivity contribution is -0.164. The van der Waals surface area contributed by atoms with Crippen molar-refractivity contribution in [1.82, 2.24) is 0 Å². The van der Waals surface area contributed by atoms with Crippen LogP contribution in [-0.4, -0.2) is 22.8 Å². The van der Waals surface area contributed by atoms with Gasteiger partial charge in [0.25, 0.3) is 0 Å². The monoisotopic (exact) mass is 248 g/mol. The number of rotatable bonds is 4. The third-order valence-electron chi connectivity index (χ3n) is 2.15. The zero-order chi connectivity index (χ0) is 13.6. The summed E-state index contributed by atoms with van der Waals surface area (Å²) < 4.78 is 5.08. The molecule has 1 unspecified atom stereocenters. The van der Waals surface area contributed by atoms with Gasteiger partial charge in [-0.1, -0.05) is 42.5 Å². The summed E-state index contributed by atoms with van der Waals surface area (Å²) in [5.74, 6) is -0.583. The summed E-state index contributed by atoms with van der Waals surface area (Å²) in [6, 6.07) is 9.72. The fourth-order valence-electron chi connectivity index (χ4n) is 1.36. The van der Waals surface area contributed by atoms with Crippen LogP contribution in [0.2, 0.25) is 0 Å². The molecule has 0 fully saturated rings.